The minimum atomic E-state index is 0. The highest BCUT2D eigenvalue weighted by molar-refractivity contribution is 5.94. The maximum atomic E-state index is 12.1. The van der Waals surface area contributed by atoms with Crippen molar-refractivity contribution in [3.05, 3.63) is 34.9 Å². The number of halogens is 2. The fourth-order valence-corrected chi connectivity index (χ4v) is 2.89. The number of nitrogens with zero attached hydrogens (tertiary/aromatic N) is 1. The Labute approximate surface area is 144 Å². The Hall–Kier alpha value is -0.810. The van der Waals surface area contributed by atoms with Crippen molar-refractivity contribution >= 4 is 30.7 Å². The predicted octanol–water partition coefficient (Wildman–Crippen LogP) is 2.35. The van der Waals surface area contributed by atoms with Gasteiger partial charge in [-0.05, 0) is 42.6 Å². The fourth-order valence-electron chi connectivity index (χ4n) is 2.89. The molecule has 0 atom stereocenters. The third-order valence-corrected chi connectivity index (χ3v) is 4.25. The first-order valence-electron chi connectivity index (χ1n) is 7.62. The van der Waals surface area contributed by atoms with Crippen LogP contribution in [-0.4, -0.2) is 36.5 Å². The van der Waals surface area contributed by atoms with Crippen LogP contribution in [0.2, 0.25) is 0 Å². The molecule has 0 aromatic heterocycles. The summed E-state index contributed by atoms with van der Waals surface area (Å²) in [7, 11) is 0. The van der Waals surface area contributed by atoms with E-state index in [2.05, 4.69) is 28.5 Å². The zero-order chi connectivity index (χ0) is 13.9. The highest BCUT2D eigenvalue weighted by atomic mass is 35.5. The molecule has 1 amide bonds. The summed E-state index contributed by atoms with van der Waals surface area (Å²) in [5.74, 6) is 0.0477. The van der Waals surface area contributed by atoms with Gasteiger partial charge in [0.2, 0.25) is 0 Å². The number of nitrogens with one attached hydrogen (secondary N) is 2. The summed E-state index contributed by atoms with van der Waals surface area (Å²) in [6, 6.07) is 6.78. The number of benzene rings is 1. The molecule has 0 bridgehead atoms. The summed E-state index contributed by atoms with van der Waals surface area (Å²) in [5.41, 5.74) is 3.35. The minimum Gasteiger partial charge on any atom is -0.351 e. The lowest BCUT2D eigenvalue weighted by molar-refractivity contribution is 0.0948. The molecular weight excluding hydrogens is 321 g/mol. The summed E-state index contributed by atoms with van der Waals surface area (Å²) >= 11 is 0. The topological polar surface area (TPSA) is 44.4 Å². The molecule has 0 saturated heterocycles. The van der Waals surface area contributed by atoms with Gasteiger partial charge in [0.1, 0.15) is 0 Å². The fraction of sp³-hybridized carbons (Fsp3) is 0.562. The quantitative estimate of drug-likeness (QED) is 0.831. The number of hydrogen-bond donors (Lipinski definition) is 2. The number of carbonyl (C=O) groups excluding carboxylic acids is 1. The van der Waals surface area contributed by atoms with Gasteiger partial charge in [-0.15, -0.1) is 24.8 Å². The van der Waals surface area contributed by atoms with Crippen molar-refractivity contribution in [1.29, 1.82) is 0 Å². The van der Waals surface area contributed by atoms with Gasteiger partial charge in [-0.3, -0.25) is 9.69 Å². The lowest BCUT2D eigenvalue weighted by Gasteiger charge is -2.19. The van der Waals surface area contributed by atoms with Crippen LogP contribution in [0.4, 0.5) is 0 Å². The molecule has 0 radical (unpaired) electrons. The van der Waals surface area contributed by atoms with E-state index in [4.69, 9.17) is 0 Å². The average Bonchev–Trinajstić information content (AvgIpc) is 3.19. The first-order chi connectivity index (χ1) is 9.78. The number of carbonyl (C=O) groups is 1. The largest absolute Gasteiger partial charge is 0.351 e. The van der Waals surface area contributed by atoms with Crippen LogP contribution in [0.5, 0.6) is 0 Å². The van der Waals surface area contributed by atoms with Gasteiger partial charge in [0, 0.05) is 37.8 Å². The molecule has 22 heavy (non-hydrogen) atoms. The molecule has 1 aliphatic heterocycles. The molecule has 1 aliphatic carbocycles. The zero-order valence-corrected chi connectivity index (χ0v) is 14.6. The predicted molar refractivity (Wildman–Crippen MR) is 94.1 cm³/mol. The molecule has 1 heterocycles. The molecule has 2 N–H and O–H groups in total. The van der Waals surface area contributed by atoms with Gasteiger partial charge in [-0.2, -0.15) is 0 Å². The van der Waals surface area contributed by atoms with Gasteiger partial charge in [-0.25, -0.2) is 0 Å². The van der Waals surface area contributed by atoms with E-state index in [1.54, 1.807) is 0 Å². The standard InChI is InChI=1S/C16H23N3O.2ClH/c1-2-19(15-5-6-15)8-7-18-16(20)12-3-4-13-10-17-11-14(13)9-12;;/h3-4,9,15,17H,2,5-8,10-11H2,1H3,(H,18,20);2*1H. The Balaban J connectivity index is 0.00000121. The summed E-state index contributed by atoms with van der Waals surface area (Å²) in [4.78, 5) is 14.6. The Bertz CT molecular complexity index is 506. The van der Waals surface area contributed by atoms with Crippen LogP contribution in [-0.2, 0) is 13.1 Å². The Morgan fingerprint density at radius 2 is 2.00 bits per heavy atom. The van der Waals surface area contributed by atoms with Crippen molar-refractivity contribution in [3.8, 4) is 0 Å². The molecule has 1 aromatic carbocycles. The average molecular weight is 346 g/mol. The molecule has 0 unspecified atom stereocenters. The second-order valence-corrected chi connectivity index (χ2v) is 5.70. The Kier molecular flexibility index (Phi) is 7.63. The third-order valence-electron chi connectivity index (χ3n) is 4.25. The number of hydrogen-bond acceptors (Lipinski definition) is 3. The molecule has 1 fully saturated rings. The SMILES string of the molecule is CCN(CCNC(=O)c1ccc2c(c1)CNC2)C1CC1.Cl.Cl. The minimum absolute atomic E-state index is 0. The maximum Gasteiger partial charge on any atom is 0.251 e. The molecule has 2 aliphatic rings. The van der Waals surface area contributed by atoms with Gasteiger partial charge in [0.15, 0.2) is 0 Å². The van der Waals surface area contributed by atoms with Gasteiger partial charge in [0.25, 0.3) is 5.91 Å². The van der Waals surface area contributed by atoms with Gasteiger partial charge in [-0.1, -0.05) is 13.0 Å². The van der Waals surface area contributed by atoms with Gasteiger partial charge in [0.05, 0.1) is 0 Å². The smallest absolute Gasteiger partial charge is 0.251 e. The molecule has 4 nitrogen and oxygen atoms in total. The lowest BCUT2D eigenvalue weighted by Crippen LogP contribution is -2.36. The number of amides is 1. The molecule has 124 valence electrons. The van der Waals surface area contributed by atoms with Crippen LogP contribution in [0, 0.1) is 0 Å². The summed E-state index contributed by atoms with van der Waals surface area (Å²) in [5, 5.41) is 6.34. The lowest BCUT2D eigenvalue weighted by atomic mass is 10.1. The molecule has 3 rings (SSSR count). The molecular formula is C16H25Cl2N3O. The van der Waals surface area contributed by atoms with E-state index in [1.807, 2.05) is 12.1 Å². The second kappa shape index (κ2) is 8.73. The van der Waals surface area contributed by atoms with Crippen LogP contribution >= 0.6 is 24.8 Å². The zero-order valence-electron chi connectivity index (χ0n) is 12.9. The first kappa shape index (κ1) is 19.2. The second-order valence-electron chi connectivity index (χ2n) is 5.70. The van der Waals surface area contributed by atoms with Crippen molar-refractivity contribution in [2.24, 2.45) is 0 Å². The van der Waals surface area contributed by atoms with Crippen LogP contribution in [0.1, 0.15) is 41.3 Å². The van der Waals surface area contributed by atoms with Gasteiger partial charge >= 0.3 is 0 Å². The van der Waals surface area contributed by atoms with Gasteiger partial charge < -0.3 is 10.6 Å². The highest BCUT2D eigenvalue weighted by Gasteiger charge is 2.27. The van der Waals surface area contributed by atoms with Crippen LogP contribution in [0.15, 0.2) is 18.2 Å². The van der Waals surface area contributed by atoms with E-state index >= 15 is 0 Å². The molecule has 1 aromatic rings. The van der Waals surface area contributed by atoms with Crippen LogP contribution in [0.3, 0.4) is 0 Å². The Morgan fingerprint density at radius 1 is 1.27 bits per heavy atom. The Morgan fingerprint density at radius 3 is 2.68 bits per heavy atom. The van der Waals surface area contributed by atoms with Crippen molar-refractivity contribution in [1.82, 2.24) is 15.5 Å². The molecule has 1 saturated carbocycles. The van der Waals surface area contributed by atoms with E-state index in [0.29, 0.717) is 0 Å². The van der Waals surface area contributed by atoms with Crippen LogP contribution < -0.4 is 10.6 Å². The number of likely N-dealkylation sites (N-methyl/N-ethyl adjacent to an activating group) is 1. The molecule has 0 spiro atoms. The number of fused-ring (bicyclic) bond motifs is 1. The van der Waals surface area contributed by atoms with Crippen molar-refractivity contribution in [2.45, 2.75) is 38.9 Å². The van der Waals surface area contributed by atoms with E-state index < -0.39 is 0 Å². The first-order valence-corrected chi connectivity index (χ1v) is 7.62. The third kappa shape index (κ3) is 4.59. The molecule has 6 heteroatoms. The van der Waals surface area contributed by atoms with E-state index in [0.717, 1.165) is 44.3 Å². The summed E-state index contributed by atoms with van der Waals surface area (Å²) in [6.07, 6.45) is 2.64. The normalized spacial score (nSPS) is 15.7. The number of rotatable bonds is 6. The van der Waals surface area contributed by atoms with E-state index in [1.165, 1.54) is 24.0 Å². The van der Waals surface area contributed by atoms with E-state index in [-0.39, 0.29) is 30.7 Å². The maximum absolute atomic E-state index is 12.1. The van der Waals surface area contributed by atoms with Crippen LogP contribution in [0.25, 0.3) is 0 Å². The monoisotopic (exact) mass is 345 g/mol. The van der Waals surface area contributed by atoms with E-state index in [9.17, 15) is 4.79 Å². The highest BCUT2D eigenvalue weighted by Crippen LogP contribution is 2.25. The summed E-state index contributed by atoms with van der Waals surface area (Å²) < 4.78 is 0. The van der Waals surface area contributed by atoms with Crippen molar-refractivity contribution in [2.75, 3.05) is 19.6 Å². The van der Waals surface area contributed by atoms with Crippen molar-refractivity contribution in [3.63, 3.8) is 0 Å². The van der Waals surface area contributed by atoms with Crippen molar-refractivity contribution < 1.29 is 4.79 Å². The summed E-state index contributed by atoms with van der Waals surface area (Å²) in [6.45, 7) is 6.75.